The van der Waals surface area contributed by atoms with Gasteiger partial charge in [-0.2, -0.15) is 0 Å². The van der Waals surface area contributed by atoms with Crippen molar-refractivity contribution < 1.29 is 18.7 Å². The maximum Gasteiger partial charge on any atom is 0.347 e. The molecule has 0 aliphatic carbocycles. The van der Waals surface area contributed by atoms with Gasteiger partial charge >= 0.3 is 11.6 Å². The molecule has 1 aromatic carbocycles. The number of fused-ring (bicyclic) bond motifs is 1. The lowest BCUT2D eigenvalue weighted by atomic mass is 10.0. The number of carbonyl (C=O) groups is 1. The Balaban J connectivity index is 2.47. The van der Waals surface area contributed by atoms with Crippen LogP contribution in [0.15, 0.2) is 21.3 Å². The maximum atomic E-state index is 11.9. The highest BCUT2D eigenvalue weighted by Crippen LogP contribution is 2.30. The van der Waals surface area contributed by atoms with Gasteiger partial charge in [0.05, 0.1) is 6.61 Å². The fourth-order valence-electron chi connectivity index (χ4n) is 2.44. The molecule has 0 aliphatic heterocycles. The molecule has 0 unspecified atom stereocenters. The van der Waals surface area contributed by atoms with Crippen LogP contribution in [-0.2, 0) is 9.53 Å². The number of ether oxygens (including phenoxy) is 2. The molecular weight excluding hydrogens is 296 g/mol. The molecule has 2 rings (SSSR count). The van der Waals surface area contributed by atoms with Gasteiger partial charge < -0.3 is 13.9 Å². The van der Waals surface area contributed by atoms with E-state index in [9.17, 15) is 9.59 Å². The van der Waals surface area contributed by atoms with E-state index in [-0.39, 0.29) is 5.63 Å². The maximum absolute atomic E-state index is 11.9. The molecule has 124 valence electrons. The van der Waals surface area contributed by atoms with Gasteiger partial charge in [-0.15, -0.1) is 0 Å². The van der Waals surface area contributed by atoms with Gasteiger partial charge in [-0.1, -0.05) is 6.92 Å². The fraction of sp³-hybridized carbons (Fsp3) is 0.444. The summed E-state index contributed by atoms with van der Waals surface area (Å²) in [6, 6.07) is 3.65. The number of rotatable bonds is 5. The second kappa shape index (κ2) is 6.86. The Labute approximate surface area is 135 Å². The minimum absolute atomic E-state index is 0.308. The second-order valence-corrected chi connectivity index (χ2v) is 5.47. The molecular formula is C18H22O5. The van der Waals surface area contributed by atoms with Crippen molar-refractivity contribution in [3.63, 3.8) is 0 Å². The molecule has 0 fully saturated rings. The van der Waals surface area contributed by atoms with Gasteiger partial charge in [-0.25, -0.2) is 9.59 Å². The van der Waals surface area contributed by atoms with Crippen molar-refractivity contribution in [2.75, 3.05) is 6.61 Å². The van der Waals surface area contributed by atoms with Crippen LogP contribution in [0.5, 0.6) is 5.75 Å². The third-order valence-electron chi connectivity index (χ3n) is 4.01. The fourth-order valence-corrected chi connectivity index (χ4v) is 2.44. The lowest BCUT2D eigenvalue weighted by Gasteiger charge is -2.18. The average Bonchev–Trinajstić information content (AvgIpc) is 2.53. The van der Waals surface area contributed by atoms with E-state index in [1.165, 1.54) is 0 Å². The zero-order chi connectivity index (χ0) is 17.1. The molecule has 5 heteroatoms. The summed E-state index contributed by atoms with van der Waals surface area (Å²) in [6.07, 6.45) is -0.183. The Bertz CT molecular complexity index is 788. The predicted molar refractivity (Wildman–Crippen MR) is 88.0 cm³/mol. The van der Waals surface area contributed by atoms with Gasteiger partial charge in [0, 0.05) is 16.5 Å². The highest BCUT2D eigenvalue weighted by atomic mass is 16.6. The van der Waals surface area contributed by atoms with Gasteiger partial charge in [-0.05, 0) is 51.8 Å². The predicted octanol–water partition coefficient (Wildman–Crippen LogP) is 3.44. The van der Waals surface area contributed by atoms with Gasteiger partial charge in [0.15, 0.2) is 6.10 Å². The Morgan fingerprint density at radius 1 is 1.13 bits per heavy atom. The lowest BCUT2D eigenvalue weighted by molar-refractivity contribution is -0.151. The standard InChI is InChI=1S/C18H22O5/c1-6-14(18(20)21-7-2)22-15-9-8-13-10(3)11(4)17(19)23-16(13)12(15)5/h8-9,14H,6-7H2,1-5H3/t14-/m0/s1. The number of esters is 1. The lowest BCUT2D eigenvalue weighted by Crippen LogP contribution is -2.29. The first-order valence-electron chi connectivity index (χ1n) is 7.77. The number of benzene rings is 1. The van der Waals surface area contributed by atoms with Crippen LogP contribution in [-0.4, -0.2) is 18.7 Å². The van der Waals surface area contributed by atoms with Crippen LogP contribution >= 0.6 is 0 Å². The Morgan fingerprint density at radius 3 is 2.43 bits per heavy atom. The molecule has 1 aromatic heterocycles. The number of carbonyl (C=O) groups excluding carboxylic acids is 1. The van der Waals surface area contributed by atoms with Crippen LogP contribution in [0.1, 0.15) is 37.0 Å². The van der Waals surface area contributed by atoms with E-state index < -0.39 is 12.1 Å². The topological polar surface area (TPSA) is 65.7 Å². The first-order valence-corrected chi connectivity index (χ1v) is 7.77. The highest BCUT2D eigenvalue weighted by molar-refractivity contribution is 5.85. The van der Waals surface area contributed by atoms with E-state index >= 15 is 0 Å². The summed E-state index contributed by atoms with van der Waals surface area (Å²) in [7, 11) is 0. The minimum Gasteiger partial charge on any atom is -0.478 e. The summed E-state index contributed by atoms with van der Waals surface area (Å²) in [5, 5.41) is 0.871. The molecule has 0 bridgehead atoms. The summed E-state index contributed by atoms with van der Waals surface area (Å²) in [6.45, 7) is 9.36. The van der Waals surface area contributed by atoms with Crippen LogP contribution < -0.4 is 10.4 Å². The summed E-state index contributed by atoms with van der Waals surface area (Å²) in [4.78, 5) is 23.8. The Kier molecular flexibility index (Phi) is 5.08. The van der Waals surface area contributed by atoms with E-state index in [0.717, 1.165) is 10.9 Å². The molecule has 0 amide bonds. The molecule has 0 saturated carbocycles. The van der Waals surface area contributed by atoms with Crippen molar-refractivity contribution in [1.82, 2.24) is 0 Å². The number of hydrogen-bond acceptors (Lipinski definition) is 5. The van der Waals surface area contributed by atoms with E-state index in [1.54, 1.807) is 19.9 Å². The van der Waals surface area contributed by atoms with Crippen molar-refractivity contribution in [2.45, 2.75) is 47.1 Å². The van der Waals surface area contributed by atoms with Crippen molar-refractivity contribution in [2.24, 2.45) is 0 Å². The molecule has 1 heterocycles. The van der Waals surface area contributed by atoms with Crippen LogP contribution in [0.4, 0.5) is 0 Å². The SMILES string of the molecule is CCOC(=O)[C@H](CC)Oc1ccc2c(C)c(C)c(=O)oc2c1C. The molecule has 0 radical (unpaired) electrons. The summed E-state index contributed by atoms with van der Waals surface area (Å²) < 4.78 is 16.2. The molecule has 0 aliphatic rings. The van der Waals surface area contributed by atoms with Gasteiger partial charge in [0.2, 0.25) is 0 Å². The van der Waals surface area contributed by atoms with E-state index in [4.69, 9.17) is 13.9 Å². The largest absolute Gasteiger partial charge is 0.478 e. The van der Waals surface area contributed by atoms with Crippen molar-refractivity contribution in [1.29, 1.82) is 0 Å². The van der Waals surface area contributed by atoms with Crippen LogP contribution in [0.3, 0.4) is 0 Å². The highest BCUT2D eigenvalue weighted by Gasteiger charge is 2.21. The Morgan fingerprint density at radius 2 is 1.83 bits per heavy atom. The minimum atomic E-state index is -0.677. The van der Waals surface area contributed by atoms with Crippen LogP contribution in [0.25, 0.3) is 11.0 Å². The molecule has 1 atom stereocenters. The summed E-state index contributed by atoms with van der Waals surface area (Å²) >= 11 is 0. The normalized spacial score (nSPS) is 12.2. The number of aryl methyl sites for hydroxylation is 2. The second-order valence-electron chi connectivity index (χ2n) is 5.47. The van der Waals surface area contributed by atoms with E-state index in [0.29, 0.717) is 35.5 Å². The quantitative estimate of drug-likeness (QED) is 0.624. The van der Waals surface area contributed by atoms with Crippen LogP contribution in [0.2, 0.25) is 0 Å². The van der Waals surface area contributed by atoms with Crippen molar-refractivity contribution >= 4 is 16.9 Å². The molecule has 2 aromatic rings. The molecule has 0 spiro atoms. The van der Waals surface area contributed by atoms with Gasteiger partial charge in [0.25, 0.3) is 0 Å². The first kappa shape index (κ1) is 17.1. The van der Waals surface area contributed by atoms with Crippen molar-refractivity contribution in [3.8, 4) is 5.75 Å². The summed E-state index contributed by atoms with van der Waals surface area (Å²) in [5.74, 6) is 0.125. The number of hydrogen-bond donors (Lipinski definition) is 0. The molecule has 23 heavy (non-hydrogen) atoms. The smallest absolute Gasteiger partial charge is 0.347 e. The van der Waals surface area contributed by atoms with Crippen LogP contribution in [0, 0.1) is 20.8 Å². The van der Waals surface area contributed by atoms with E-state index in [1.807, 2.05) is 26.8 Å². The zero-order valence-electron chi connectivity index (χ0n) is 14.2. The van der Waals surface area contributed by atoms with Gasteiger partial charge in [0.1, 0.15) is 11.3 Å². The first-order chi connectivity index (χ1) is 10.9. The monoisotopic (exact) mass is 318 g/mol. The average molecular weight is 318 g/mol. The Hall–Kier alpha value is -2.30. The van der Waals surface area contributed by atoms with Crippen molar-refractivity contribution in [3.05, 3.63) is 39.2 Å². The van der Waals surface area contributed by atoms with E-state index in [2.05, 4.69) is 0 Å². The third kappa shape index (κ3) is 3.23. The molecule has 0 saturated heterocycles. The summed E-state index contributed by atoms with van der Waals surface area (Å²) in [5.41, 5.74) is 2.33. The zero-order valence-corrected chi connectivity index (χ0v) is 14.2. The third-order valence-corrected chi connectivity index (χ3v) is 4.01. The molecule has 0 N–H and O–H groups in total. The molecule has 5 nitrogen and oxygen atoms in total. The van der Waals surface area contributed by atoms with Gasteiger partial charge in [-0.3, -0.25) is 0 Å².